The lowest BCUT2D eigenvalue weighted by Crippen LogP contribution is -2.21. The first-order valence-corrected chi connectivity index (χ1v) is 6.66. The van der Waals surface area contributed by atoms with Crippen LogP contribution in [0.1, 0.15) is 38.3 Å². The average Bonchev–Trinajstić information content (AvgIpc) is 2.23. The molecular weight excluding hydrogens is 285 g/mol. The minimum atomic E-state index is -0.246. The SMILES string of the molecule is CC(O)CCCNC(C)c1ccc(F)cc1Br. The van der Waals surface area contributed by atoms with E-state index in [0.29, 0.717) is 0 Å². The molecule has 0 aliphatic heterocycles. The first-order valence-electron chi connectivity index (χ1n) is 5.87. The number of rotatable bonds is 6. The van der Waals surface area contributed by atoms with E-state index in [2.05, 4.69) is 21.2 Å². The van der Waals surface area contributed by atoms with Gasteiger partial charge in [0.05, 0.1) is 6.10 Å². The molecule has 0 spiro atoms. The van der Waals surface area contributed by atoms with E-state index in [-0.39, 0.29) is 18.0 Å². The minimum absolute atomic E-state index is 0.166. The fourth-order valence-electron chi connectivity index (χ4n) is 1.68. The van der Waals surface area contributed by atoms with Gasteiger partial charge in [0, 0.05) is 10.5 Å². The van der Waals surface area contributed by atoms with Gasteiger partial charge in [-0.25, -0.2) is 4.39 Å². The zero-order valence-electron chi connectivity index (χ0n) is 10.2. The molecule has 2 atom stereocenters. The summed E-state index contributed by atoms with van der Waals surface area (Å²) < 4.78 is 13.7. The van der Waals surface area contributed by atoms with Crippen LogP contribution in [0.5, 0.6) is 0 Å². The molecule has 2 unspecified atom stereocenters. The number of aliphatic hydroxyl groups excluding tert-OH is 1. The highest BCUT2D eigenvalue weighted by atomic mass is 79.9. The van der Waals surface area contributed by atoms with E-state index in [1.54, 1.807) is 13.0 Å². The molecule has 96 valence electrons. The van der Waals surface area contributed by atoms with Crippen molar-refractivity contribution >= 4 is 15.9 Å². The van der Waals surface area contributed by atoms with Gasteiger partial charge in [-0.1, -0.05) is 22.0 Å². The van der Waals surface area contributed by atoms with Crippen LogP contribution in [0.15, 0.2) is 22.7 Å². The van der Waals surface area contributed by atoms with Gasteiger partial charge in [-0.05, 0) is 50.9 Å². The average molecular weight is 304 g/mol. The van der Waals surface area contributed by atoms with Crippen molar-refractivity contribution in [3.8, 4) is 0 Å². The number of aliphatic hydroxyl groups is 1. The molecule has 0 heterocycles. The van der Waals surface area contributed by atoms with Gasteiger partial charge in [-0.3, -0.25) is 0 Å². The molecule has 1 rings (SSSR count). The van der Waals surface area contributed by atoms with Crippen LogP contribution in [0.2, 0.25) is 0 Å². The van der Waals surface area contributed by atoms with E-state index in [1.165, 1.54) is 12.1 Å². The lowest BCUT2D eigenvalue weighted by Gasteiger charge is -2.16. The van der Waals surface area contributed by atoms with Crippen molar-refractivity contribution in [1.82, 2.24) is 5.32 Å². The van der Waals surface area contributed by atoms with E-state index in [1.807, 2.05) is 6.92 Å². The summed E-state index contributed by atoms with van der Waals surface area (Å²) in [5.41, 5.74) is 1.04. The Bertz CT molecular complexity index is 357. The second kappa shape index (κ2) is 7.09. The molecule has 1 aromatic carbocycles. The highest BCUT2D eigenvalue weighted by Crippen LogP contribution is 2.24. The van der Waals surface area contributed by atoms with Gasteiger partial charge in [0.15, 0.2) is 0 Å². The van der Waals surface area contributed by atoms with Crippen LogP contribution in [-0.4, -0.2) is 17.8 Å². The largest absolute Gasteiger partial charge is 0.393 e. The topological polar surface area (TPSA) is 32.3 Å². The summed E-state index contributed by atoms with van der Waals surface area (Å²) >= 11 is 3.36. The lowest BCUT2D eigenvalue weighted by atomic mass is 10.1. The van der Waals surface area contributed by atoms with Gasteiger partial charge >= 0.3 is 0 Å². The van der Waals surface area contributed by atoms with Gasteiger partial charge in [0.25, 0.3) is 0 Å². The zero-order valence-corrected chi connectivity index (χ0v) is 11.8. The van der Waals surface area contributed by atoms with Gasteiger partial charge in [-0.2, -0.15) is 0 Å². The number of halogens is 2. The van der Waals surface area contributed by atoms with Crippen LogP contribution in [0.4, 0.5) is 4.39 Å². The first-order chi connectivity index (χ1) is 8.00. The lowest BCUT2D eigenvalue weighted by molar-refractivity contribution is 0.181. The molecule has 0 radical (unpaired) electrons. The van der Waals surface area contributed by atoms with Crippen LogP contribution in [0.25, 0.3) is 0 Å². The predicted molar refractivity (Wildman–Crippen MR) is 71.4 cm³/mol. The molecule has 1 aromatic rings. The molecule has 0 amide bonds. The maximum Gasteiger partial charge on any atom is 0.124 e. The van der Waals surface area contributed by atoms with Crippen LogP contribution >= 0.6 is 15.9 Å². The van der Waals surface area contributed by atoms with Gasteiger partial charge in [-0.15, -0.1) is 0 Å². The summed E-state index contributed by atoms with van der Waals surface area (Å²) in [6, 6.07) is 4.89. The van der Waals surface area contributed by atoms with Crippen LogP contribution in [0.3, 0.4) is 0 Å². The van der Waals surface area contributed by atoms with E-state index in [0.717, 1.165) is 29.4 Å². The molecule has 2 nitrogen and oxygen atoms in total. The van der Waals surface area contributed by atoms with Crippen molar-refractivity contribution in [2.75, 3.05) is 6.54 Å². The first kappa shape index (κ1) is 14.6. The minimum Gasteiger partial charge on any atom is -0.393 e. The van der Waals surface area contributed by atoms with Gasteiger partial charge in [0.2, 0.25) is 0 Å². The summed E-state index contributed by atoms with van der Waals surface area (Å²) in [6.45, 7) is 4.68. The normalized spacial score (nSPS) is 14.6. The fourth-order valence-corrected chi connectivity index (χ4v) is 2.37. The third kappa shape index (κ3) is 5.15. The monoisotopic (exact) mass is 303 g/mol. The number of benzene rings is 1. The second-order valence-electron chi connectivity index (χ2n) is 4.33. The summed E-state index contributed by atoms with van der Waals surface area (Å²) in [7, 11) is 0. The molecule has 0 aliphatic rings. The number of hydrogen-bond donors (Lipinski definition) is 2. The highest BCUT2D eigenvalue weighted by molar-refractivity contribution is 9.10. The van der Waals surface area contributed by atoms with Crippen LogP contribution in [-0.2, 0) is 0 Å². The number of hydrogen-bond acceptors (Lipinski definition) is 2. The molecule has 0 aliphatic carbocycles. The predicted octanol–water partition coefficient (Wildman–Crippen LogP) is 3.40. The summed E-state index contributed by atoms with van der Waals surface area (Å²) in [4.78, 5) is 0. The van der Waals surface area contributed by atoms with Crippen molar-refractivity contribution in [2.45, 2.75) is 38.8 Å². The van der Waals surface area contributed by atoms with E-state index in [4.69, 9.17) is 5.11 Å². The molecule has 0 bridgehead atoms. The molecule has 4 heteroatoms. The maximum absolute atomic E-state index is 12.9. The Labute approximate surface area is 110 Å². The Hall–Kier alpha value is -0.450. The van der Waals surface area contributed by atoms with Crippen LogP contribution in [0, 0.1) is 5.82 Å². The Kier molecular flexibility index (Phi) is 6.09. The van der Waals surface area contributed by atoms with Crippen molar-refractivity contribution < 1.29 is 9.50 Å². The number of nitrogens with one attached hydrogen (secondary N) is 1. The summed E-state index contributed by atoms with van der Waals surface area (Å²) in [5.74, 6) is -0.234. The standard InChI is InChI=1S/C13H19BrFNO/c1-9(17)4-3-7-16-10(2)12-6-5-11(15)8-13(12)14/h5-6,8-10,16-17H,3-4,7H2,1-2H3. The molecule has 0 saturated heterocycles. The molecule has 0 fully saturated rings. The van der Waals surface area contributed by atoms with Crippen molar-refractivity contribution in [2.24, 2.45) is 0 Å². The van der Waals surface area contributed by atoms with Crippen molar-refractivity contribution in [3.63, 3.8) is 0 Å². The van der Waals surface area contributed by atoms with Crippen LogP contribution < -0.4 is 5.32 Å². The quantitative estimate of drug-likeness (QED) is 0.790. The Balaban J connectivity index is 2.44. The highest BCUT2D eigenvalue weighted by Gasteiger charge is 2.09. The fraction of sp³-hybridized carbons (Fsp3) is 0.538. The Morgan fingerprint density at radius 3 is 2.71 bits per heavy atom. The smallest absolute Gasteiger partial charge is 0.124 e. The van der Waals surface area contributed by atoms with E-state index >= 15 is 0 Å². The van der Waals surface area contributed by atoms with Gasteiger partial charge < -0.3 is 10.4 Å². The van der Waals surface area contributed by atoms with E-state index in [9.17, 15) is 4.39 Å². The van der Waals surface area contributed by atoms with Crippen molar-refractivity contribution in [1.29, 1.82) is 0 Å². The third-order valence-corrected chi connectivity index (χ3v) is 3.36. The molecule has 0 aromatic heterocycles. The third-order valence-electron chi connectivity index (χ3n) is 2.68. The Morgan fingerprint density at radius 2 is 2.12 bits per heavy atom. The Morgan fingerprint density at radius 1 is 1.41 bits per heavy atom. The van der Waals surface area contributed by atoms with E-state index < -0.39 is 0 Å². The molecular formula is C13H19BrFNO. The second-order valence-corrected chi connectivity index (χ2v) is 5.19. The molecule has 0 saturated carbocycles. The molecule has 2 N–H and O–H groups in total. The maximum atomic E-state index is 12.9. The van der Waals surface area contributed by atoms with Gasteiger partial charge in [0.1, 0.15) is 5.82 Å². The summed E-state index contributed by atoms with van der Waals surface area (Å²) in [5, 5.41) is 12.5. The zero-order chi connectivity index (χ0) is 12.8. The van der Waals surface area contributed by atoms with Crippen molar-refractivity contribution in [3.05, 3.63) is 34.1 Å². The summed E-state index contributed by atoms with van der Waals surface area (Å²) in [6.07, 6.45) is 1.48. The molecule has 17 heavy (non-hydrogen) atoms.